The van der Waals surface area contributed by atoms with Gasteiger partial charge < -0.3 is 19.0 Å². The van der Waals surface area contributed by atoms with Crippen molar-refractivity contribution in [2.75, 3.05) is 45.2 Å². The lowest BCUT2D eigenvalue weighted by molar-refractivity contribution is -0.141. The summed E-state index contributed by atoms with van der Waals surface area (Å²) in [4.78, 5) is 18.9. The summed E-state index contributed by atoms with van der Waals surface area (Å²) in [6.07, 6.45) is 2.54. The van der Waals surface area contributed by atoms with Gasteiger partial charge in [-0.15, -0.1) is 0 Å². The molecule has 0 aromatic carbocycles. The summed E-state index contributed by atoms with van der Waals surface area (Å²) in [5, 5.41) is 0. The minimum atomic E-state index is -0.142. The van der Waals surface area contributed by atoms with E-state index in [0.717, 1.165) is 12.3 Å². The van der Waals surface area contributed by atoms with Crippen molar-refractivity contribution < 1.29 is 13.9 Å². The summed E-state index contributed by atoms with van der Waals surface area (Å²) >= 11 is 0. The van der Waals surface area contributed by atoms with Gasteiger partial charge >= 0.3 is 0 Å². The van der Waals surface area contributed by atoms with Crippen molar-refractivity contribution in [1.29, 1.82) is 0 Å². The minimum Gasteiger partial charge on any atom is -0.449 e. The van der Waals surface area contributed by atoms with Crippen LogP contribution >= 0.6 is 0 Å². The SMILES string of the molecule is CN(CC(=O)N1CCOC(CC(C)(C)N(C)c2ccco2)C1)C(C)(C)C. The van der Waals surface area contributed by atoms with E-state index in [1.165, 1.54) is 0 Å². The van der Waals surface area contributed by atoms with Crippen LogP contribution in [0, 0.1) is 0 Å². The molecule has 1 atom stereocenters. The molecule has 1 fully saturated rings. The molecule has 1 unspecified atom stereocenters. The molecular weight excluding hydrogens is 330 g/mol. The third kappa shape index (κ3) is 5.24. The lowest BCUT2D eigenvalue weighted by Crippen LogP contribution is -2.53. The zero-order chi connectivity index (χ0) is 19.5. The molecule has 2 heterocycles. The Hall–Kier alpha value is -1.53. The highest BCUT2D eigenvalue weighted by molar-refractivity contribution is 5.78. The number of carbonyl (C=O) groups is 1. The summed E-state index contributed by atoms with van der Waals surface area (Å²) in [7, 11) is 4.03. The van der Waals surface area contributed by atoms with E-state index in [2.05, 4.69) is 44.4 Å². The van der Waals surface area contributed by atoms with E-state index in [1.54, 1.807) is 6.26 Å². The first-order chi connectivity index (χ1) is 12.0. The van der Waals surface area contributed by atoms with E-state index in [9.17, 15) is 4.79 Å². The van der Waals surface area contributed by atoms with Gasteiger partial charge in [0, 0.05) is 37.3 Å². The molecule has 0 aliphatic carbocycles. The smallest absolute Gasteiger partial charge is 0.236 e. The number of hydrogen-bond acceptors (Lipinski definition) is 5. The van der Waals surface area contributed by atoms with Gasteiger partial charge in [0.05, 0.1) is 25.5 Å². The number of likely N-dealkylation sites (N-methyl/N-ethyl adjacent to an activating group) is 1. The van der Waals surface area contributed by atoms with E-state index < -0.39 is 0 Å². The van der Waals surface area contributed by atoms with E-state index in [1.807, 2.05) is 31.1 Å². The van der Waals surface area contributed by atoms with Crippen molar-refractivity contribution in [3.05, 3.63) is 18.4 Å². The van der Waals surface area contributed by atoms with E-state index in [4.69, 9.17) is 9.15 Å². The van der Waals surface area contributed by atoms with Gasteiger partial charge in [-0.05, 0) is 54.2 Å². The maximum absolute atomic E-state index is 12.7. The molecule has 0 radical (unpaired) electrons. The van der Waals surface area contributed by atoms with Crippen LogP contribution in [0.3, 0.4) is 0 Å². The van der Waals surface area contributed by atoms with E-state index in [0.29, 0.717) is 26.2 Å². The number of anilines is 1. The third-order valence-electron chi connectivity index (χ3n) is 5.48. The van der Waals surface area contributed by atoms with Crippen LogP contribution in [0.1, 0.15) is 41.0 Å². The lowest BCUT2D eigenvalue weighted by Gasteiger charge is -2.41. The highest BCUT2D eigenvalue weighted by Gasteiger charge is 2.33. The van der Waals surface area contributed by atoms with Crippen molar-refractivity contribution in [3.63, 3.8) is 0 Å². The first-order valence-corrected chi connectivity index (χ1v) is 9.38. The number of hydrogen-bond donors (Lipinski definition) is 0. The van der Waals surface area contributed by atoms with Gasteiger partial charge in [-0.2, -0.15) is 0 Å². The predicted molar refractivity (Wildman–Crippen MR) is 105 cm³/mol. The number of carbonyl (C=O) groups excluding carboxylic acids is 1. The molecule has 1 amide bonds. The molecule has 1 saturated heterocycles. The van der Waals surface area contributed by atoms with Gasteiger partial charge in [-0.3, -0.25) is 9.69 Å². The molecule has 6 heteroatoms. The molecular formula is C20H35N3O3. The zero-order valence-electron chi connectivity index (χ0n) is 17.4. The molecule has 1 aliphatic heterocycles. The number of nitrogens with zero attached hydrogens (tertiary/aromatic N) is 3. The van der Waals surface area contributed by atoms with Crippen LogP contribution in [0.5, 0.6) is 0 Å². The molecule has 148 valence electrons. The summed E-state index contributed by atoms with van der Waals surface area (Å²) in [6.45, 7) is 13.1. The number of amides is 1. The topological polar surface area (TPSA) is 49.2 Å². The van der Waals surface area contributed by atoms with Crippen LogP contribution in [0.15, 0.2) is 22.8 Å². The average molecular weight is 366 g/mol. The molecule has 26 heavy (non-hydrogen) atoms. The lowest BCUT2D eigenvalue weighted by atomic mass is 9.94. The van der Waals surface area contributed by atoms with Crippen molar-refractivity contribution in [1.82, 2.24) is 9.80 Å². The molecule has 6 nitrogen and oxygen atoms in total. The Kier molecular flexibility index (Phi) is 6.40. The van der Waals surface area contributed by atoms with Crippen molar-refractivity contribution in [2.45, 2.75) is 58.2 Å². The van der Waals surface area contributed by atoms with Gasteiger partial charge in [-0.25, -0.2) is 0 Å². The summed E-state index contributed by atoms with van der Waals surface area (Å²) in [6, 6.07) is 3.85. The van der Waals surface area contributed by atoms with Crippen molar-refractivity contribution in [2.24, 2.45) is 0 Å². The monoisotopic (exact) mass is 365 g/mol. The van der Waals surface area contributed by atoms with Crippen molar-refractivity contribution >= 4 is 11.8 Å². The van der Waals surface area contributed by atoms with Crippen molar-refractivity contribution in [3.8, 4) is 0 Å². The maximum Gasteiger partial charge on any atom is 0.236 e. The second kappa shape index (κ2) is 8.01. The van der Waals surface area contributed by atoms with Gasteiger partial charge in [0.1, 0.15) is 0 Å². The van der Waals surface area contributed by atoms with Crippen LogP contribution in [0.25, 0.3) is 0 Å². The Morgan fingerprint density at radius 1 is 1.27 bits per heavy atom. The normalized spacial score (nSPS) is 19.1. The standard InChI is InChI=1S/C20H35N3O3/c1-19(2,3)21(6)15-17(24)23-10-12-25-16(14-23)13-20(4,5)22(7)18-9-8-11-26-18/h8-9,11,16H,10,12-15H2,1-7H3. The molecule has 0 spiro atoms. The first kappa shape index (κ1) is 20.8. The maximum atomic E-state index is 12.7. The molecule has 1 aromatic rings. The number of ether oxygens (including phenoxy) is 1. The Labute approximate surface area is 158 Å². The van der Waals surface area contributed by atoms with Gasteiger partial charge in [0.25, 0.3) is 0 Å². The quantitative estimate of drug-likeness (QED) is 0.776. The zero-order valence-corrected chi connectivity index (χ0v) is 17.4. The fourth-order valence-corrected chi connectivity index (χ4v) is 3.06. The van der Waals surface area contributed by atoms with Crippen LogP contribution in [0.4, 0.5) is 5.88 Å². The number of furan rings is 1. The number of rotatable bonds is 6. The molecule has 2 rings (SSSR count). The minimum absolute atomic E-state index is 0.0188. The molecule has 0 saturated carbocycles. The number of morpholine rings is 1. The first-order valence-electron chi connectivity index (χ1n) is 9.38. The van der Waals surface area contributed by atoms with Crippen LogP contribution < -0.4 is 4.90 Å². The summed E-state index contributed by atoms with van der Waals surface area (Å²) in [5.41, 5.74) is -0.161. The second-order valence-electron chi connectivity index (χ2n) is 8.89. The van der Waals surface area contributed by atoms with E-state index in [-0.39, 0.29) is 23.1 Å². The Morgan fingerprint density at radius 2 is 1.96 bits per heavy atom. The van der Waals surface area contributed by atoms with Gasteiger partial charge in [-0.1, -0.05) is 0 Å². The molecule has 0 bridgehead atoms. The predicted octanol–water partition coefficient (Wildman–Crippen LogP) is 2.84. The molecule has 1 aromatic heterocycles. The van der Waals surface area contributed by atoms with Gasteiger partial charge in [0.15, 0.2) is 5.88 Å². The Morgan fingerprint density at radius 3 is 2.54 bits per heavy atom. The average Bonchev–Trinajstić information content (AvgIpc) is 3.07. The summed E-state index contributed by atoms with van der Waals surface area (Å²) in [5.74, 6) is 1.01. The van der Waals surface area contributed by atoms with Crippen LogP contribution in [-0.4, -0.2) is 73.2 Å². The highest BCUT2D eigenvalue weighted by Crippen LogP contribution is 2.28. The Bertz CT molecular complexity index is 578. The van der Waals surface area contributed by atoms with Crippen LogP contribution in [-0.2, 0) is 9.53 Å². The fraction of sp³-hybridized carbons (Fsp3) is 0.750. The second-order valence-corrected chi connectivity index (χ2v) is 8.89. The fourth-order valence-electron chi connectivity index (χ4n) is 3.06. The van der Waals surface area contributed by atoms with Gasteiger partial charge in [0.2, 0.25) is 5.91 Å². The van der Waals surface area contributed by atoms with Crippen LogP contribution in [0.2, 0.25) is 0 Å². The third-order valence-corrected chi connectivity index (χ3v) is 5.48. The largest absolute Gasteiger partial charge is 0.449 e. The molecule has 1 aliphatic rings. The highest BCUT2D eigenvalue weighted by atomic mass is 16.5. The Balaban J connectivity index is 1.94. The molecule has 0 N–H and O–H groups in total. The van der Waals surface area contributed by atoms with E-state index >= 15 is 0 Å². The summed E-state index contributed by atoms with van der Waals surface area (Å²) < 4.78 is 11.5.